The molecule has 0 bridgehead atoms. The number of aryl methyl sites for hydroxylation is 1. The normalized spacial score (nSPS) is 10.5. The maximum absolute atomic E-state index is 12.6. The first-order valence-electron chi connectivity index (χ1n) is 8.87. The molecule has 0 radical (unpaired) electrons. The fourth-order valence-corrected chi connectivity index (χ4v) is 2.57. The summed E-state index contributed by atoms with van der Waals surface area (Å²) >= 11 is 0. The van der Waals surface area contributed by atoms with Crippen LogP contribution in [0.25, 0.3) is 0 Å². The number of ketones is 1. The first-order valence-corrected chi connectivity index (χ1v) is 8.87. The van der Waals surface area contributed by atoms with Crippen LogP contribution in [0.3, 0.4) is 0 Å². The number of rotatable bonds is 8. The molecule has 0 unspecified atom stereocenters. The molecular weight excluding hydrogens is 396 g/mol. The number of hydrogen-bond acceptors (Lipinski definition) is 6. The number of pyridine rings is 1. The van der Waals surface area contributed by atoms with Crippen LogP contribution in [0.1, 0.15) is 26.3 Å². The van der Waals surface area contributed by atoms with Crippen molar-refractivity contribution in [2.75, 3.05) is 6.61 Å². The van der Waals surface area contributed by atoms with E-state index in [9.17, 15) is 18.4 Å². The van der Waals surface area contributed by atoms with E-state index < -0.39 is 25.0 Å². The summed E-state index contributed by atoms with van der Waals surface area (Å²) in [6, 6.07) is 15.9. The zero-order valence-corrected chi connectivity index (χ0v) is 15.9. The number of nitrogens with zero attached hydrogens (tertiary/aromatic N) is 1. The summed E-state index contributed by atoms with van der Waals surface area (Å²) in [4.78, 5) is 29.0. The highest BCUT2D eigenvalue weighted by Gasteiger charge is 2.20. The molecule has 1 heterocycles. The lowest BCUT2D eigenvalue weighted by atomic mass is 10.1. The Hall–Kier alpha value is -3.81. The van der Waals surface area contributed by atoms with Gasteiger partial charge in [-0.3, -0.25) is 4.79 Å². The largest absolute Gasteiger partial charge is 0.454 e. The average molecular weight is 413 g/mol. The van der Waals surface area contributed by atoms with Crippen molar-refractivity contribution in [1.82, 2.24) is 4.98 Å². The molecule has 3 aromatic rings. The molecule has 0 spiro atoms. The molecule has 30 heavy (non-hydrogen) atoms. The Morgan fingerprint density at radius 1 is 1.00 bits per heavy atom. The van der Waals surface area contributed by atoms with Crippen LogP contribution in [0.4, 0.5) is 8.78 Å². The Kier molecular flexibility index (Phi) is 6.69. The Balaban J connectivity index is 1.72. The second kappa shape index (κ2) is 9.60. The minimum Gasteiger partial charge on any atom is -0.454 e. The number of benzene rings is 2. The molecule has 0 N–H and O–H groups in total. The number of ether oxygens (including phenoxy) is 3. The van der Waals surface area contributed by atoms with Crippen LogP contribution in [0.5, 0.6) is 17.4 Å². The van der Waals surface area contributed by atoms with E-state index in [0.29, 0.717) is 11.3 Å². The van der Waals surface area contributed by atoms with Crippen molar-refractivity contribution in [2.24, 2.45) is 0 Å². The van der Waals surface area contributed by atoms with E-state index in [-0.39, 0.29) is 22.8 Å². The third kappa shape index (κ3) is 5.38. The van der Waals surface area contributed by atoms with Crippen LogP contribution in [0, 0.1) is 6.92 Å². The molecule has 3 rings (SSSR count). The van der Waals surface area contributed by atoms with Crippen LogP contribution < -0.4 is 9.47 Å². The predicted molar refractivity (Wildman–Crippen MR) is 103 cm³/mol. The molecule has 0 aliphatic carbocycles. The Bertz CT molecular complexity index is 1040. The monoisotopic (exact) mass is 413 g/mol. The van der Waals surface area contributed by atoms with Crippen LogP contribution in [-0.4, -0.2) is 30.0 Å². The zero-order valence-electron chi connectivity index (χ0n) is 15.9. The van der Waals surface area contributed by atoms with E-state index in [1.807, 2.05) is 6.07 Å². The summed E-state index contributed by atoms with van der Waals surface area (Å²) in [6.45, 7) is -2.06. The van der Waals surface area contributed by atoms with Crippen molar-refractivity contribution in [3.8, 4) is 17.4 Å². The van der Waals surface area contributed by atoms with Gasteiger partial charge < -0.3 is 14.2 Å². The van der Waals surface area contributed by atoms with Crippen LogP contribution in [0.2, 0.25) is 0 Å². The molecule has 154 valence electrons. The first kappa shape index (κ1) is 20.9. The molecule has 0 saturated heterocycles. The second-order valence-corrected chi connectivity index (χ2v) is 6.15. The first-order chi connectivity index (χ1) is 14.4. The quantitative estimate of drug-likeness (QED) is 0.389. The number of esters is 1. The van der Waals surface area contributed by atoms with Crippen LogP contribution in [-0.2, 0) is 4.74 Å². The molecule has 0 aliphatic rings. The van der Waals surface area contributed by atoms with Crippen molar-refractivity contribution < 1.29 is 32.6 Å². The van der Waals surface area contributed by atoms with E-state index >= 15 is 0 Å². The molecular formula is C22H17F2NO5. The molecule has 8 heteroatoms. The van der Waals surface area contributed by atoms with Gasteiger partial charge in [0.05, 0.1) is 5.56 Å². The Morgan fingerprint density at radius 3 is 2.50 bits per heavy atom. The van der Waals surface area contributed by atoms with E-state index in [4.69, 9.17) is 9.47 Å². The van der Waals surface area contributed by atoms with Gasteiger partial charge in [0.2, 0.25) is 11.7 Å². The minimum absolute atomic E-state index is 0.0124. The maximum atomic E-state index is 12.6. The standard InChI is InChI=1S/C22H17F2NO5/c1-14-9-10-19(30-22(23)24)17(12-14)18(26)13-28-21(27)16-8-5-11-25-20(16)29-15-6-3-2-4-7-15/h2-12,22H,13H2,1H3. The number of para-hydroxylation sites is 1. The number of alkyl halides is 2. The van der Waals surface area contributed by atoms with Gasteiger partial charge in [-0.1, -0.05) is 29.8 Å². The number of Topliss-reactive ketones (excluding diaryl/α,β-unsaturated/α-hetero) is 1. The van der Waals surface area contributed by atoms with Gasteiger partial charge in [0, 0.05) is 6.20 Å². The van der Waals surface area contributed by atoms with Gasteiger partial charge in [-0.25, -0.2) is 9.78 Å². The van der Waals surface area contributed by atoms with Gasteiger partial charge in [-0.2, -0.15) is 8.78 Å². The van der Waals surface area contributed by atoms with Gasteiger partial charge in [-0.15, -0.1) is 0 Å². The number of hydrogen-bond donors (Lipinski definition) is 0. The van der Waals surface area contributed by atoms with Crippen LogP contribution in [0.15, 0.2) is 66.9 Å². The van der Waals surface area contributed by atoms with E-state index in [1.165, 1.54) is 36.5 Å². The lowest BCUT2D eigenvalue weighted by Crippen LogP contribution is -2.17. The molecule has 1 aromatic heterocycles. The van der Waals surface area contributed by atoms with Crippen molar-refractivity contribution in [1.29, 1.82) is 0 Å². The third-order valence-electron chi connectivity index (χ3n) is 3.93. The van der Waals surface area contributed by atoms with Crippen molar-refractivity contribution in [3.05, 3.63) is 83.6 Å². The highest BCUT2D eigenvalue weighted by molar-refractivity contribution is 6.01. The van der Waals surface area contributed by atoms with E-state index in [0.717, 1.165) is 0 Å². The minimum atomic E-state index is -3.09. The molecule has 2 aromatic carbocycles. The fraction of sp³-hybridized carbons (Fsp3) is 0.136. The second-order valence-electron chi connectivity index (χ2n) is 6.15. The third-order valence-corrected chi connectivity index (χ3v) is 3.93. The van der Waals surface area contributed by atoms with Crippen LogP contribution >= 0.6 is 0 Å². The Labute approximate surface area is 171 Å². The highest BCUT2D eigenvalue weighted by Crippen LogP contribution is 2.25. The number of carbonyl (C=O) groups excluding carboxylic acids is 2. The van der Waals surface area contributed by atoms with Gasteiger partial charge in [-0.05, 0) is 43.3 Å². The lowest BCUT2D eigenvalue weighted by Gasteiger charge is -2.12. The zero-order chi connectivity index (χ0) is 21.5. The van der Waals surface area contributed by atoms with Gasteiger partial charge in [0.15, 0.2) is 6.61 Å². The van der Waals surface area contributed by atoms with Crippen molar-refractivity contribution >= 4 is 11.8 Å². The fourth-order valence-electron chi connectivity index (χ4n) is 2.57. The molecule has 6 nitrogen and oxygen atoms in total. The highest BCUT2D eigenvalue weighted by atomic mass is 19.3. The van der Waals surface area contributed by atoms with Crippen molar-refractivity contribution in [3.63, 3.8) is 0 Å². The number of aromatic nitrogens is 1. The summed E-state index contributed by atoms with van der Waals surface area (Å²) < 4.78 is 40.2. The summed E-state index contributed by atoms with van der Waals surface area (Å²) in [6.07, 6.45) is 1.45. The van der Waals surface area contributed by atoms with Crippen molar-refractivity contribution in [2.45, 2.75) is 13.5 Å². The molecule has 0 aliphatic heterocycles. The van der Waals surface area contributed by atoms with E-state index in [2.05, 4.69) is 9.72 Å². The van der Waals surface area contributed by atoms with E-state index in [1.54, 1.807) is 31.2 Å². The number of halogens is 2. The predicted octanol–water partition coefficient (Wildman–Crippen LogP) is 4.82. The summed E-state index contributed by atoms with van der Waals surface area (Å²) in [5.41, 5.74) is 0.578. The SMILES string of the molecule is Cc1ccc(OC(F)F)c(C(=O)COC(=O)c2cccnc2Oc2ccccc2)c1. The molecule has 0 atom stereocenters. The Morgan fingerprint density at radius 2 is 1.77 bits per heavy atom. The number of carbonyl (C=O) groups is 2. The van der Waals surface area contributed by atoms with Gasteiger partial charge >= 0.3 is 12.6 Å². The average Bonchev–Trinajstić information content (AvgIpc) is 2.74. The lowest BCUT2D eigenvalue weighted by molar-refractivity contribution is -0.0502. The maximum Gasteiger partial charge on any atom is 0.387 e. The summed E-state index contributed by atoms with van der Waals surface area (Å²) in [5.74, 6) is -1.33. The van der Waals surface area contributed by atoms with Gasteiger partial charge in [0.25, 0.3) is 0 Å². The smallest absolute Gasteiger partial charge is 0.387 e. The molecule has 0 amide bonds. The molecule has 0 fully saturated rings. The summed E-state index contributed by atoms with van der Waals surface area (Å²) in [7, 11) is 0. The molecule has 0 saturated carbocycles. The van der Waals surface area contributed by atoms with Gasteiger partial charge in [0.1, 0.15) is 17.1 Å². The topological polar surface area (TPSA) is 74.7 Å². The summed E-state index contributed by atoms with van der Waals surface area (Å²) in [5, 5.41) is 0.